The molecule has 1 aromatic carbocycles. The molecule has 0 saturated heterocycles. The summed E-state index contributed by atoms with van der Waals surface area (Å²) in [6.45, 7) is 3.09. The van der Waals surface area contributed by atoms with Gasteiger partial charge in [-0.3, -0.25) is 9.59 Å². The van der Waals surface area contributed by atoms with Crippen molar-refractivity contribution >= 4 is 23.2 Å². The fourth-order valence-electron chi connectivity index (χ4n) is 1.23. The molecular weight excluding hydrogens is 220 g/mol. The van der Waals surface area contributed by atoms with E-state index in [0.29, 0.717) is 11.4 Å². The Morgan fingerprint density at radius 1 is 1.24 bits per heavy atom. The lowest BCUT2D eigenvalue weighted by Gasteiger charge is -2.11. The highest BCUT2D eigenvalue weighted by Crippen LogP contribution is 2.15. The first-order valence-corrected chi connectivity index (χ1v) is 5.24. The minimum absolute atomic E-state index is 0.154. The molecule has 2 amide bonds. The van der Waals surface area contributed by atoms with Gasteiger partial charge in [-0.15, -0.1) is 0 Å². The predicted octanol–water partition coefficient (Wildman–Crippen LogP) is 1.62. The zero-order valence-corrected chi connectivity index (χ0v) is 10.1. The summed E-state index contributed by atoms with van der Waals surface area (Å²) in [4.78, 5) is 22.4. The summed E-state index contributed by atoms with van der Waals surface area (Å²) in [7, 11) is 1.47. The van der Waals surface area contributed by atoms with E-state index in [4.69, 9.17) is 4.74 Å². The number of benzene rings is 1. The van der Waals surface area contributed by atoms with Gasteiger partial charge in [-0.05, 0) is 25.1 Å². The average Bonchev–Trinajstić information content (AvgIpc) is 2.27. The third-order valence-corrected chi connectivity index (χ3v) is 2.17. The monoisotopic (exact) mass is 236 g/mol. The van der Waals surface area contributed by atoms with Gasteiger partial charge in [0.05, 0.1) is 0 Å². The largest absolute Gasteiger partial charge is 0.372 e. The van der Waals surface area contributed by atoms with Crippen molar-refractivity contribution in [2.45, 2.75) is 20.0 Å². The number of amides is 2. The number of hydrogen-bond donors (Lipinski definition) is 2. The fraction of sp³-hybridized carbons (Fsp3) is 0.333. The Balaban J connectivity index is 2.72. The molecule has 5 heteroatoms. The Labute approximate surface area is 100 Å². The van der Waals surface area contributed by atoms with Gasteiger partial charge in [-0.1, -0.05) is 6.07 Å². The third-order valence-electron chi connectivity index (χ3n) is 2.17. The Morgan fingerprint density at radius 3 is 2.35 bits per heavy atom. The molecule has 0 bridgehead atoms. The molecule has 1 atom stereocenters. The summed E-state index contributed by atoms with van der Waals surface area (Å²) in [5.41, 5.74) is 1.26. The quantitative estimate of drug-likeness (QED) is 0.834. The number of anilines is 2. The Bertz CT molecular complexity index is 418. The third kappa shape index (κ3) is 4.24. The molecule has 92 valence electrons. The molecule has 1 rings (SSSR count). The van der Waals surface area contributed by atoms with Crippen LogP contribution in [0.4, 0.5) is 11.4 Å². The maximum absolute atomic E-state index is 11.6. The minimum Gasteiger partial charge on any atom is -0.372 e. The van der Waals surface area contributed by atoms with Crippen LogP contribution < -0.4 is 10.6 Å². The minimum atomic E-state index is -0.514. The highest BCUT2D eigenvalue weighted by molar-refractivity contribution is 5.95. The van der Waals surface area contributed by atoms with Crippen LogP contribution in [0, 0.1) is 0 Å². The lowest BCUT2D eigenvalue weighted by Crippen LogP contribution is -2.26. The van der Waals surface area contributed by atoms with Crippen LogP contribution in [0.5, 0.6) is 0 Å². The van der Waals surface area contributed by atoms with Gasteiger partial charge in [0.1, 0.15) is 6.10 Å². The van der Waals surface area contributed by atoms with E-state index in [1.54, 1.807) is 31.2 Å². The molecule has 0 saturated carbocycles. The van der Waals surface area contributed by atoms with E-state index in [9.17, 15) is 9.59 Å². The van der Waals surface area contributed by atoms with Crippen LogP contribution in [0.25, 0.3) is 0 Å². The van der Waals surface area contributed by atoms with Gasteiger partial charge < -0.3 is 15.4 Å². The highest BCUT2D eigenvalue weighted by atomic mass is 16.5. The lowest BCUT2D eigenvalue weighted by molar-refractivity contribution is -0.124. The van der Waals surface area contributed by atoms with Crippen molar-refractivity contribution in [2.24, 2.45) is 0 Å². The summed E-state index contributed by atoms with van der Waals surface area (Å²) in [6, 6.07) is 6.92. The van der Waals surface area contributed by atoms with E-state index in [2.05, 4.69) is 10.6 Å². The fourth-order valence-corrected chi connectivity index (χ4v) is 1.23. The second kappa shape index (κ2) is 6.00. The number of methoxy groups -OCH3 is 1. The van der Waals surface area contributed by atoms with E-state index in [0.717, 1.165) is 0 Å². The summed E-state index contributed by atoms with van der Waals surface area (Å²) in [6.07, 6.45) is -0.514. The smallest absolute Gasteiger partial charge is 0.253 e. The van der Waals surface area contributed by atoms with Crippen LogP contribution in [0.2, 0.25) is 0 Å². The van der Waals surface area contributed by atoms with E-state index in [1.165, 1.54) is 14.0 Å². The lowest BCUT2D eigenvalue weighted by atomic mass is 10.2. The SMILES string of the molecule is COC(C)C(=O)Nc1cccc(NC(C)=O)c1. The number of rotatable bonds is 4. The Morgan fingerprint density at radius 2 is 1.82 bits per heavy atom. The standard InChI is InChI=1S/C12H16N2O3/c1-8(17-3)12(16)14-11-6-4-5-10(7-11)13-9(2)15/h4-8H,1-3H3,(H,13,15)(H,14,16). The molecule has 0 heterocycles. The van der Waals surface area contributed by atoms with Crippen molar-refractivity contribution < 1.29 is 14.3 Å². The maximum atomic E-state index is 11.6. The number of ether oxygens (including phenoxy) is 1. The first-order chi connectivity index (χ1) is 8.02. The highest BCUT2D eigenvalue weighted by Gasteiger charge is 2.11. The first kappa shape index (κ1) is 13.2. The van der Waals surface area contributed by atoms with Crippen molar-refractivity contribution in [1.29, 1.82) is 0 Å². The zero-order chi connectivity index (χ0) is 12.8. The van der Waals surface area contributed by atoms with Crippen LogP contribution in [-0.2, 0) is 14.3 Å². The van der Waals surface area contributed by atoms with Crippen LogP contribution in [0.1, 0.15) is 13.8 Å². The number of carbonyl (C=O) groups is 2. The van der Waals surface area contributed by atoms with Crippen molar-refractivity contribution in [3.63, 3.8) is 0 Å². The summed E-state index contributed by atoms with van der Waals surface area (Å²) in [5, 5.41) is 5.33. The van der Waals surface area contributed by atoms with Gasteiger partial charge in [0.15, 0.2) is 0 Å². The van der Waals surface area contributed by atoms with Gasteiger partial charge >= 0.3 is 0 Å². The van der Waals surface area contributed by atoms with Crippen molar-refractivity contribution in [3.8, 4) is 0 Å². The van der Waals surface area contributed by atoms with Crippen molar-refractivity contribution in [1.82, 2.24) is 0 Å². The van der Waals surface area contributed by atoms with E-state index in [1.807, 2.05) is 0 Å². The van der Waals surface area contributed by atoms with Crippen LogP contribution >= 0.6 is 0 Å². The second-order valence-corrected chi connectivity index (χ2v) is 3.63. The normalized spacial score (nSPS) is 11.7. The first-order valence-electron chi connectivity index (χ1n) is 5.24. The molecule has 0 aliphatic rings. The summed E-state index contributed by atoms with van der Waals surface area (Å²) < 4.78 is 4.90. The molecule has 2 N–H and O–H groups in total. The van der Waals surface area contributed by atoms with Gasteiger partial charge in [0.25, 0.3) is 5.91 Å². The molecule has 0 aliphatic carbocycles. The second-order valence-electron chi connectivity index (χ2n) is 3.63. The van der Waals surface area contributed by atoms with Gasteiger partial charge in [0, 0.05) is 25.4 Å². The molecule has 0 spiro atoms. The molecule has 0 aromatic heterocycles. The van der Waals surface area contributed by atoms with Crippen molar-refractivity contribution in [2.75, 3.05) is 17.7 Å². The van der Waals surface area contributed by atoms with Crippen LogP contribution in [0.15, 0.2) is 24.3 Å². The van der Waals surface area contributed by atoms with Crippen LogP contribution in [0.3, 0.4) is 0 Å². The number of hydrogen-bond acceptors (Lipinski definition) is 3. The molecule has 0 radical (unpaired) electrons. The topological polar surface area (TPSA) is 67.4 Å². The molecular formula is C12H16N2O3. The van der Waals surface area contributed by atoms with E-state index < -0.39 is 6.10 Å². The molecule has 1 aromatic rings. The number of nitrogens with one attached hydrogen (secondary N) is 2. The van der Waals surface area contributed by atoms with E-state index in [-0.39, 0.29) is 11.8 Å². The Hall–Kier alpha value is -1.88. The molecule has 0 fully saturated rings. The molecule has 1 unspecified atom stereocenters. The summed E-state index contributed by atoms with van der Waals surface area (Å²) >= 11 is 0. The van der Waals surface area contributed by atoms with Gasteiger partial charge in [-0.2, -0.15) is 0 Å². The van der Waals surface area contributed by atoms with Gasteiger partial charge in [-0.25, -0.2) is 0 Å². The summed E-state index contributed by atoms with van der Waals surface area (Å²) in [5.74, 6) is -0.383. The Kier molecular flexibility index (Phi) is 4.66. The number of carbonyl (C=O) groups excluding carboxylic acids is 2. The molecule has 17 heavy (non-hydrogen) atoms. The molecule has 0 aliphatic heterocycles. The average molecular weight is 236 g/mol. The molecule has 5 nitrogen and oxygen atoms in total. The van der Waals surface area contributed by atoms with E-state index >= 15 is 0 Å². The van der Waals surface area contributed by atoms with Crippen LogP contribution in [-0.4, -0.2) is 25.0 Å². The van der Waals surface area contributed by atoms with Crippen molar-refractivity contribution in [3.05, 3.63) is 24.3 Å². The maximum Gasteiger partial charge on any atom is 0.253 e. The predicted molar refractivity (Wildman–Crippen MR) is 65.8 cm³/mol. The zero-order valence-electron chi connectivity index (χ0n) is 10.1. The van der Waals surface area contributed by atoms with Gasteiger partial charge in [0.2, 0.25) is 5.91 Å².